The minimum absolute atomic E-state index is 0.140. The molecule has 1 aliphatic rings. The molecule has 0 saturated carbocycles. The van der Waals surface area contributed by atoms with E-state index in [-0.39, 0.29) is 24.0 Å². The van der Waals surface area contributed by atoms with Gasteiger partial charge in [-0.05, 0) is 18.2 Å². The fraction of sp³-hybridized carbons (Fsp3) is 0.364. The van der Waals surface area contributed by atoms with Crippen LogP contribution in [0.5, 0.6) is 0 Å². The van der Waals surface area contributed by atoms with Crippen LogP contribution in [0.3, 0.4) is 0 Å². The first-order chi connectivity index (χ1) is 8.76. The normalized spacial score (nSPS) is 20.0. The van der Waals surface area contributed by atoms with E-state index in [9.17, 15) is 13.2 Å². The number of amides is 1. The van der Waals surface area contributed by atoms with E-state index in [0.717, 1.165) is 4.47 Å². The number of nitrogens with zero attached hydrogens (tertiary/aromatic N) is 1. The third kappa shape index (κ3) is 3.46. The molecule has 1 heterocycles. The van der Waals surface area contributed by atoms with Crippen molar-refractivity contribution >= 4 is 43.2 Å². The molecule has 1 aromatic rings. The zero-order chi connectivity index (χ0) is 14.2. The minimum Gasteiger partial charge on any atom is -0.397 e. The van der Waals surface area contributed by atoms with Gasteiger partial charge in [-0.25, -0.2) is 13.6 Å². The maximum absolute atomic E-state index is 12.0. The van der Waals surface area contributed by atoms with E-state index in [1.807, 2.05) is 0 Å². The van der Waals surface area contributed by atoms with Crippen LogP contribution < -0.4 is 15.8 Å². The summed E-state index contributed by atoms with van der Waals surface area (Å²) in [5.41, 5.74) is 6.92. The second-order valence-corrected chi connectivity index (χ2v) is 7.18. The first-order valence-corrected chi connectivity index (χ1v) is 8.13. The van der Waals surface area contributed by atoms with Crippen molar-refractivity contribution in [2.24, 2.45) is 11.1 Å². The number of nitrogen functional groups attached to an aromatic ring is 1. The predicted molar refractivity (Wildman–Crippen MR) is 77.0 cm³/mol. The summed E-state index contributed by atoms with van der Waals surface area (Å²) in [6, 6.07) is 5.22. The smallest absolute Gasteiger partial charge is 0.227 e. The van der Waals surface area contributed by atoms with Gasteiger partial charge in [-0.3, -0.25) is 4.79 Å². The Kier molecular flexibility index (Phi) is 3.84. The molecule has 0 radical (unpaired) electrons. The summed E-state index contributed by atoms with van der Waals surface area (Å²) in [6.45, 7) is 0.315. The van der Waals surface area contributed by atoms with Crippen molar-refractivity contribution in [3.05, 3.63) is 22.7 Å². The van der Waals surface area contributed by atoms with E-state index in [1.54, 1.807) is 18.2 Å². The number of hydrogen-bond acceptors (Lipinski definition) is 4. The highest BCUT2D eigenvalue weighted by molar-refractivity contribution is 9.10. The maximum atomic E-state index is 12.0. The lowest BCUT2D eigenvalue weighted by Gasteiger charge is -2.19. The molecule has 4 N–H and O–H groups in total. The number of carbonyl (C=O) groups excluding carboxylic acids is 1. The quantitative estimate of drug-likeness (QED) is 0.783. The van der Waals surface area contributed by atoms with Crippen molar-refractivity contribution in [2.75, 3.05) is 22.9 Å². The summed E-state index contributed by atoms with van der Waals surface area (Å²) < 4.78 is 23.0. The number of anilines is 2. The van der Waals surface area contributed by atoms with Crippen LogP contribution in [0.15, 0.2) is 22.7 Å². The Hall–Kier alpha value is -1.12. The largest absolute Gasteiger partial charge is 0.397 e. The van der Waals surface area contributed by atoms with Gasteiger partial charge in [0.15, 0.2) is 0 Å². The molecule has 6 nitrogen and oxygen atoms in total. The molecule has 0 spiro atoms. The van der Waals surface area contributed by atoms with E-state index in [4.69, 9.17) is 10.9 Å². The number of rotatable bonds is 3. The van der Waals surface area contributed by atoms with Crippen LogP contribution in [0.4, 0.5) is 11.4 Å². The van der Waals surface area contributed by atoms with Gasteiger partial charge in [0, 0.05) is 23.4 Å². The van der Waals surface area contributed by atoms with E-state index < -0.39 is 10.0 Å². The monoisotopic (exact) mass is 347 g/mol. The van der Waals surface area contributed by atoms with Gasteiger partial charge in [-0.1, -0.05) is 15.9 Å². The molecule has 1 aromatic carbocycles. The van der Waals surface area contributed by atoms with Gasteiger partial charge in [0.25, 0.3) is 0 Å². The SMILES string of the molecule is Nc1ccc(Br)cc1N1CC(CS(N)(=O)=O)CC1=O. The summed E-state index contributed by atoms with van der Waals surface area (Å²) in [6.07, 6.45) is 0.169. The highest BCUT2D eigenvalue weighted by Gasteiger charge is 2.33. The van der Waals surface area contributed by atoms with Crippen LogP contribution in [0.25, 0.3) is 0 Å². The molecule has 8 heteroatoms. The lowest BCUT2D eigenvalue weighted by molar-refractivity contribution is -0.117. The molecule has 1 atom stereocenters. The second kappa shape index (κ2) is 5.10. The minimum atomic E-state index is -3.57. The second-order valence-electron chi connectivity index (χ2n) is 4.61. The van der Waals surface area contributed by atoms with Gasteiger partial charge in [0.1, 0.15) is 0 Å². The van der Waals surface area contributed by atoms with E-state index >= 15 is 0 Å². The third-order valence-electron chi connectivity index (χ3n) is 2.96. The molecule has 1 saturated heterocycles. The van der Waals surface area contributed by atoms with E-state index in [1.165, 1.54) is 4.90 Å². The summed E-state index contributed by atoms with van der Waals surface area (Å²) >= 11 is 3.32. The first-order valence-electron chi connectivity index (χ1n) is 5.62. The average molecular weight is 348 g/mol. The number of sulfonamides is 1. The molecule has 0 aliphatic carbocycles. The lowest BCUT2D eigenvalue weighted by Crippen LogP contribution is -2.28. The zero-order valence-corrected chi connectivity index (χ0v) is 12.4. The Bertz CT molecular complexity index is 618. The summed E-state index contributed by atoms with van der Waals surface area (Å²) in [5.74, 6) is -0.622. The third-order valence-corrected chi connectivity index (χ3v) is 4.39. The molecule has 2 rings (SSSR count). The first kappa shape index (κ1) is 14.3. The van der Waals surface area contributed by atoms with Crippen molar-refractivity contribution in [1.82, 2.24) is 0 Å². The number of halogens is 1. The molecule has 1 unspecified atom stereocenters. The number of primary sulfonamides is 1. The number of hydrogen-bond donors (Lipinski definition) is 2. The molecule has 0 aromatic heterocycles. The van der Waals surface area contributed by atoms with Gasteiger partial charge >= 0.3 is 0 Å². The summed E-state index contributed by atoms with van der Waals surface area (Å²) in [4.78, 5) is 13.5. The molecule has 0 bridgehead atoms. The molecular formula is C11H14BrN3O3S. The Morgan fingerprint density at radius 2 is 2.11 bits per heavy atom. The fourth-order valence-electron chi connectivity index (χ4n) is 2.21. The number of carbonyl (C=O) groups is 1. The van der Waals surface area contributed by atoms with Crippen molar-refractivity contribution in [3.8, 4) is 0 Å². The van der Waals surface area contributed by atoms with Crippen molar-refractivity contribution in [3.63, 3.8) is 0 Å². The van der Waals surface area contributed by atoms with E-state index in [0.29, 0.717) is 17.9 Å². The van der Waals surface area contributed by atoms with Crippen LogP contribution in [0.1, 0.15) is 6.42 Å². The van der Waals surface area contributed by atoms with Crippen LogP contribution in [-0.2, 0) is 14.8 Å². The number of benzene rings is 1. The molecule has 1 amide bonds. The Balaban J connectivity index is 2.23. The van der Waals surface area contributed by atoms with Gasteiger partial charge in [-0.15, -0.1) is 0 Å². The van der Waals surface area contributed by atoms with E-state index in [2.05, 4.69) is 15.9 Å². The van der Waals surface area contributed by atoms with Gasteiger partial charge in [0.2, 0.25) is 15.9 Å². The Morgan fingerprint density at radius 1 is 1.42 bits per heavy atom. The lowest BCUT2D eigenvalue weighted by atomic mass is 10.1. The average Bonchev–Trinajstić information content (AvgIpc) is 2.60. The number of nitrogens with two attached hydrogens (primary N) is 2. The van der Waals surface area contributed by atoms with Crippen LogP contribution >= 0.6 is 15.9 Å². The van der Waals surface area contributed by atoms with Gasteiger partial charge in [0.05, 0.1) is 17.1 Å². The predicted octanol–water partition coefficient (Wildman–Crippen LogP) is 0.673. The highest BCUT2D eigenvalue weighted by Crippen LogP contribution is 2.32. The maximum Gasteiger partial charge on any atom is 0.227 e. The summed E-state index contributed by atoms with van der Waals surface area (Å²) in [7, 11) is -3.57. The van der Waals surface area contributed by atoms with Crippen LogP contribution in [0, 0.1) is 5.92 Å². The fourth-order valence-corrected chi connectivity index (χ4v) is 3.43. The van der Waals surface area contributed by atoms with Crippen molar-refractivity contribution in [2.45, 2.75) is 6.42 Å². The van der Waals surface area contributed by atoms with Crippen LogP contribution in [0.2, 0.25) is 0 Å². The summed E-state index contributed by atoms with van der Waals surface area (Å²) in [5, 5.41) is 5.01. The van der Waals surface area contributed by atoms with Gasteiger partial charge in [-0.2, -0.15) is 0 Å². The van der Waals surface area contributed by atoms with Crippen LogP contribution in [-0.4, -0.2) is 26.6 Å². The molecular weight excluding hydrogens is 334 g/mol. The Labute approximate surface area is 119 Å². The van der Waals surface area contributed by atoms with Crippen molar-refractivity contribution in [1.29, 1.82) is 0 Å². The molecule has 19 heavy (non-hydrogen) atoms. The van der Waals surface area contributed by atoms with Crippen molar-refractivity contribution < 1.29 is 13.2 Å². The molecule has 104 valence electrons. The Morgan fingerprint density at radius 3 is 2.74 bits per heavy atom. The molecule has 1 fully saturated rings. The molecule has 1 aliphatic heterocycles. The standard InChI is InChI=1S/C11H14BrN3O3S/c12-8-1-2-9(13)10(4-8)15-5-7(3-11(15)16)6-19(14,17)18/h1-2,4,7H,3,5-6,13H2,(H2,14,17,18). The zero-order valence-electron chi connectivity index (χ0n) is 10.0. The topological polar surface area (TPSA) is 106 Å². The highest BCUT2D eigenvalue weighted by atomic mass is 79.9. The van der Waals surface area contributed by atoms with Gasteiger partial charge < -0.3 is 10.6 Å².